The largest absolute Gasteiger partial charge is 0.508 e. The number of hydrogen-bond acceptors (Lipinski definition) is 3. The van der Waals surface area contributed by atoms with Crippen molar-refractivity contribution in [1.29, 1.82) is 0 Å². The minimum atomic E-state index is 0.285. The lowest BCUT2D eigenvalue weighted by atomic mass is 9.92. The highest BCUT2D eigenvalue weighted by molar-refractivity contribution is 6.02. The zero-order valence-electron chi connectivity index (χ0n) is 21.5. The molecule has 0 atom stereocenters. The van der Waals surface area contributed by atoms with Gasteiger partial charge in [-0.15, -0.1) is 0 Å². The van der Waals surface area contributed by atoms with Gasteiger partial charge in [-0.2, -0.15) is 0 Å². The Bertz CT molecular complexity index is 1090. The molecule has 3 aromatic carbocycles. The van der Waals surface area contributed by atoms with E-state index in [0.717, 1.165) is 67.6 Å². The van der Waals surface area contributed by atoms with E-state index in [1.807, 2.05) is 12.1 Å². The molecule has 0 spiro atoms. The third kappa shape index (κ3) is 5.88. The molecule has 0 aliphatic heterocycles. The van der Waals surface area contributed by atoms with Gasteiger partial charge in [0.2, 0.25) is 0 Å². The highest BCUT2D eigenvalue weighted by Gasteiger charge is 2.13. The van der Waals surface area contributed by atoms with Crippen molar-refractivity contribution in [2.75, 3.05) is 5.73 Å². The van der Waals surface area contributed by atoms with Crippen molar-refractivity contribution < 1.29 is 5.11 Å². The molecule has 0 amide bonds. The van der Waals surface area contributed by atoms with Gasteiger partial charge in [0.25, 0.3) is 0 Å². The molecule has 3 rings (SSSR count). The van der Waals surface area contributed by atoms with Gasteiger partial charge in [0.1, 0.15) is 5.75 Å². The Hall–Kier alpha value is -3.07. The SMILES string of the molecule is CCCC(=Nc1c(CC)cc(Cc2cc(CC)c(N)c(CC)c2)cc1CC)c1ccc(O)cc1. The summed E-state index contributed by atoms with van der Waals surface area (Å²) in [6.07, 6.45) is 6.63. The number of rotatable bonds is 10. The number of nitrogen functional groups attached to an aromatic ring is 1. The molecule has 3 nitrogen and oxygen atoms in total. The van der Waals surface area contributed by atoms with E-state index in [1.165, 1.54) is 33.4 Å². The average molecular weight is 457 g/mol. The Morgan fingerprint density at radius 2 is 1.21 bits per heavy atom. The molecule has 0 saturated carbocycles. The van der Waals surface area contributed by atoms with Crippen LogP contribution in [-0.4, -0.2) is 10.8 Å². The highest BCUT2D eigenvalue weighted by atomic mass is 16.3. The monoisotopic (exact) mass is 456 g/mol. The number of nitrogens with zero attached hydrogens (tertiary/aromatic N) is 1. The predicted molar refractivity (Wildman–Crippen MR) is 147 cm³/mol. The summed E-state index contributed by atoms with van der Waals surface area (Å²) < 4.78 is 0. The fraction of sp³-hybridized carbons (Fsp3) is 0.387. The van der Waals surface area contributed by atoms with Crippen molar-refractivity contribution in [2.45, 2.75) is 79.6 Å². The molecular formula is C31H40N2O. The second-order valence-corrected chi connectivity index (χ2v) is 9.04. The molecule has 3 aromatic rings. The number of phenolic OH excluding ortho intramolecular Hbond substituents is 1. The molecule has 0 aliphatic rings. The van der Waals surface area contributed by atoms with Crippen molar-refractivity contribution in [3.05, 3.63) is 87.5 Å². The first-order chi connectivity index (χ1) is 16.4. The molecule has 0 bridgehead atoms. The van der Waals surface area contributed by atoms with Gasteiger partial charge in [-0.1, -0.05) is 65.3 Å². The van der Waals surface area contributed by atoms with Gasteiger partial charge in [0.15, 0.2) is 0 Å². The Morgan fingerprint density at radius 3 is 1.65 bits per heavy atom. The first kappa shape index (κ1) is 25.6. The number of benzene rings is 3. The number of phenols is 1. The molecule has 3 N–H and O–H groups in total. The molecular weight excluding hydrogens is 416 g/mol. The number of aliphatic imine (C=N–C) groups is 1. The van der Waals surface area contributed by atoms with Crippen LogP contribution in [0.3, 0.4) is 0 Å². The van der Waals surface area contributed by atoms with Gasteiger partial charge < -0.3 is 10.8 Å². The third-order valence-corrected chi connectivity index (χ3v) is 6.60. The molecule has 34 heavy (non-hydrogen) atoms. The summed E-state index contributed by atoms with van der Waals surface area (Å²) in [5.74, 6) is 0.285. The summed E-state index contributed by atoms with van der Waals surface area (Å²) in [7, 11) is 0. The summed E-state index contributed by atoms with van der Waals surface area (Å²) in [4.78, 5) is 5.22. The molecule has 0 saturated heterocycles. The average Bonchev–Trinajstić information content (AvgIpc) is 2.85. The van der Waals surface area contributed by atoms with Gasteiger partial charge in [-0.05, 0) is 102 Å². The van der Waals surface area contributed by atoms with E-state index in [0.29, 0.717) is 0 Å². The highest BCUT2D eigenvalue weighted by Crippen LogP contribution is 2.31. The van der Waals surface area contributed by atoms with Crippen LogP contribution in [0.4, 0.5) is 11.4 Å². The van der Waals surface area contributed by atoms with Gasteiger partial charge in [0.05, 0.1) is 5.69 Å². The van der Waals surface area contributed by atoms with E-state index in [-0.39, 0.29) is 5.75 Å². The zero-order chi connectivity index (χ0) is 24.7. The second-order valence-electron chi connectivity index (χ2n) is 9.04. The van der Waals surface area contributed by atoms with Crippen molar-refractivity contribution >= 4 is 17.1 Å². The fourth-order valence-electron chi connectivity index (χ4n) is 4.68. The van der Waals surface area contributed by atoms with E-state index in [1.54, 1.807) is 12.1 Å². The van der Waals surface area contributed by atoms with Crippen LogP contribution < -0.4 is 5.73 Å². The van der Waals surface area contributed by atoms with Crippen LogP contribution >= 0.6 is 0 Å². The number of aryl methyl sites for hydroxylation is 4. The second kappa shape index (κ2) is 11.9. The van der Waals surface area contributed by atoms with E-state index in [9.17, 15) is 5.11 Å². The summed E-state index contributed by atoms with van der Waals surface area (Å²) in [5.41, 5.74) is 18.4. The Balaban J connectivity index is 2.05. The minimum absolute atomic E-state index is 0.285. The number of anilines is 1. The summed E-state index contributed by atoms with van der Waals surface area (Å²) >= 11 is 0. The van der Waals surface area contributed by atoms with Crippen LogP contribution in [0.15, 0.2) is 53.5 Å². The molecule has 0 unspecified atom stereocenters. The summed E-state index contributed by atoms with van der Waals surface area (Å²) in [5, 5.41) is 9.71. The Morgan fingerprint density at radius 1 is 0.735 bits per heavy atom. The predicted octanol–water partition coefficient (Wildman–Crippen LogP) is 7.74. The molecule has 180 valence electrons. The minimum Gasteiger partial charge on any atom is -0.508 e. The Labute approximate surface area is 205 Å². The van der Waals surface area contributed by atoms with Crippen LogP contribution in [0.25, 0.3) is 0 Å². The number of nitrogens with two attached hydrogens (primary N) is 1. The van der Waals surface area contributed by atoms with Gasteiger partial charge in [0, 0.05) is 11.4 Å². The maximum absolute atomic E-state index is 9.71. The summed E-state index contributed by atoms with van der Waals surface area (Å²) in [6, 6.07) is 16.7. The van der Waals surface area contributed by atoms with Crippen LogP contribution in [0.5, 0.6) is 5.75 Å². The van der Waals surface area contributed by atoms with Gasteiger partial charge in [-0.3, -0.25) is 4.99 Å². The van der Waals surface area contributed by atoms with Crippen molar-refractivity contribution in [1.82, 2.24) is 0 Å². The Kier molecular flexibility index (Phi) is 8.92. The van der Waals surface area contributed by atoms with E-state index in [4.69, 9.17) is 10.7 Å². The number of aromatic hydroxyl groups is 1. The van der Waals surface area contributed by atoms with Crippen molar-refractivity contribution in [3.8, 4) is 5.75 Å². The van der Waals surface area contributed by atoms with Gasteiger partial charge >= 0.3 is 0 Å². The number of hydrogen-bond donors (Lipinski definition) is 2. The van der Waals surface area contributed by atoms with Crippen LogP contribution in [0, 0.1) is 0 Å². The molecule has 0 aromatic heterocycles. The first-order valence-corrected chi connectivity index (χ1v) is 12.9. The first-order valence-electron chi connectivity index (χ1n) is 12.9. The van der Waals surface area contributed by atoms with E-state index < -0.39 is 0 Å². The van der Waals surface area contributed by atoms with E-state index >= 15 is 0 Å². The maximum atomic E-state index is 9.71. The smallest absolute Gasteiger partial charge is 0.115 e. The molecule has 0 aliphatic carbocycles. The van der Waals surface area contributed by atoms with Crippen LogP contribution in [0.2, 0.25) is 0 Å². The fourth-order valence-corrected chi connectivity index (χ4v) is 4.68. The molecule has 3 heteroatoms. The van der Waals surface area contributed by atoms with Crippen molar-refractivity contribution in [2.24, 2.45) is 4.99 Å². The quantitative estimate of drug-likeness (QED) is 0.242. The standard InChI is InChI=1S/C31H40N2O/c1-6-11-29(27-12-14-28(34)15-13-27)33-31-25(9-4)19-22(20-26(31)10-5)16-21-17-23(7-2)30(32)24(8-3)18-21/h12-15,17-20,34H,6-11,16,32H2,1-5H3. The molecule has 0 radical (unpaired) electrons. The lowest BCUT2D eigenvalue weighted by Crippen LogP contribution is -2.03. The van der Waals surface area contributed by atoms with Gasteiger partial charge in [-0.25, -0.2) is 0 Å². The molecule has 0 fully saturated rings. The third-order valence-electron chi connectivity index (χ3n) is 6.60. The topological polar surface area (TPSA) is 58.6 Å². The normalized spacial score (nSPS) is 11.7. The molecule has 0 heterocycles. The maximum Gasteiger partial charge on any atom is 0.115 e. The summed E-state index contributed by atoms with van der Waals surface area (Å²) in [6.45, 7) is 11.0. The zero-order valence-corrected chi connectivity index (χ0v) is 21.5. The lowest BCUT2D eigenvalue weighted by Gasteiger charge is -2.16. The van der Waals surface area contributed by atoms with Crippen LogP contribution in [-0.2, 0) is 32.1 Å². The van der Waals surface area contributed by atoms with Crippen molar-refractivity contribution in [3.63, 3.8) is 0 Å². The lowest BCUT2D eigenvalue weighted by molar-refractivity contribution is 0.475. The van der Waals surface area contributed by atoms with E-state index in [2.05, 4.69) is 58.9 Å². The van der Waals surface area contributed by atoms with Crippen LogP contribution in [0.1, 0.15) is 86.4 Å².